The highest BCUT2D eigenvalue weighted by Gasteiger charge is 2.07. The van der Waals surface area contributed by atoms with Gasteiger partial charge >= 0.3 is 5.69 Å². The van der Waals surface area contributed by atoms with E-state index in [0.717, 1.165) is 24.3 Å². The predicted octanol–water partition coefficient (Wildman–Crippen LogP) is 1.46. The van der Waals surface area contributed by atoms with Crippen molar-refractivity contribution in [2.45, 2.75) is 19.9 Å². The number of anilines is 1. The molecule has 2 heterocycles. The fourth-order valence-electron chi connectivity index (χ4n) is 1.75. The molecule has 20 heavy (non-hydrogen) atoms. The fourth-order valence-corrected chi connectivity index (χ4v) is 1.92. The van der Waals surface area contributed by atoms with E-state index < -0.39 is 11.2 Å². The van der Waals surface area contributed by atoms with Crippen molar-refractivity contribution in [2.75, 3.05) is 11.9 Å². The van der Waals surface area contributed by atoms with Gasteiger partial charge in [-0.05, 0) is 12.5 Å². The van der Waals surface area contributed by atoms with Crippen molar-refractivity contribution in [1.82, 2.24) is 14.5 Å². The highest BCUT2D eigenvalue weighted by atomic mass is 35.5. The number of aromatic nitrogens is 3. The molecule has 0 saturated carbocycles. The first-order valence-corrected chi connectivity index (χ1v) is 6.66. The number of nitrogens with one attached hydrogen (secondary N) is 2. The quantitative estimate of drug-likeness (QED) is 0.875. The van der Waals surface area contributed by atoms with Crippen LogP contribution in [0.3, 0.4) is 0 Å². The average Bonchev–Trinajstić information content (AvgIpc) is 2.44. The van der Waals surface area contributed by atoms with Crippen molar-refractivity contribution in [3.63, 3.8) is 0 Å². The van der Waals surface area contributed by atoms with Gasteiger partial charge in [-0.3, -0.25) is 14.3 Å². The Morgan fingerprint density at radius 1 is 1.45 bits per heavy atom. The van der Waals surface area contributed by atoms with Gasteiger partial charge in [0, 0.05) is 24.5 Å². The van der Waals surface area contributed by atoms with Crippen molar-refractivity contribution in [3.8, 4) is 0 Å². The van der Waals surface area contributed by atoms with Crippen LogP contribution in [0.1, 0.15) is 18.9 Å². The summed E-state index contributed by atoms with van der Waals surface area (Å²) in [5.41, 5.74) is -0.223. The molecule has 0 atom stereocenters. The molecule has 106 valence electrons. The van der Waals surface area contributed by atoms with Crippen LogP contribution in [0, 0.1) is 0 Å². The smallest absolute Gasteiger partial charge is 0.328 e. The predicted molar refractivity (Wildman–Crippen MR) is 78.5 cm³/mol. The SMILES string of the molecule is CCCNc1ncccc1Cn1cc(Cl)c(=O)[nH]c1=O. The van der Waals surface area contributed by atoms with E-state index in [1.807, 2.05) is 6.07 Å². The van der Waals surface area contributed by atoms with E-state index in [1.165, 1.54) is 10.8 Å². The van der Waals surface area contributed by atoms with Crippen LogP contribution in [-0.2, 0) is 6.54 Å². The lowest BCUT2D eigenvalue weighted by Crippen LogP contribution is -2.30. The number of halogens is 1. The Morgan fingerprint density at radius 2 is 2.25 bits per heavy atom. The minimum Gasteiger partial charge on any atom is -0.370 e. The summed E-state index contributed by atoms with van der Waals surface area (Å²) in [7, 11) is 0. The van der Waals surface area contributed by atoms with Gasteiger partial charge in [-0.2, -0.15) is 0 Å². The lowest BCUT2D eigenvalue weighted by molar-refractivity contribution is 0.719. The molecule has 0 saturated heterocycles. The van der Waals surface area contributed by atoms with Crippen LogP contribution in [0.15, 0.2) is 34.1 Å². The second-order valence-corrected chi connectivity index (χ2v) is 4.71. The zero-order valence-corrected chi connectivity index (χ0v) is 11.8. The molecule has 0 fully saturated rings. The van der Waals surface area contributed by atoms with Crippen molar-refractivity contribution in [3.05, 3.63) is 56.0 Å². The number of H-pyrrole nitrogens is 1. The highest BCUT2D eigenvalue weighted by Crippen LogP contribution is 2.12. The van der Waals surface area contributed by atoms with Crippen molar-refractivity contribution >= 4 is 17.4 Å². The molecular weight excluding hydrogens is 280 g/mol. The van der Waals surface area contributed by atoms with Crippen molar-refractivity contribution in [1.29, 1.82) is 0 Å². The molecule has 2 aromatic rings. The second-order valence-electron chi connectivity index (χ2n) is 4.30. The van der Waals surface area contributed by atoms with Crippen molar-refractivity contribution < 1.29 is 0 Å². The van der Waals surface area contributed by atoms with Gasteiger partial charge in [0.25, 0.3) is 5.56 Å². The summed E-state index contributed by atoms with van der Waals surface area (Å²) in [6.07, 6.45) is 3.99. The van der Waals surface area contributed by atoms with Crippen LogP contribution >= 0.6 is 11.6 Å². The van der Waals surface area contributed by atoms with Gasteiger partial charge < -0.3 is 5.32 Å². The average molecular weight is 295 g/mol. The fraction of sp³-hybridized carbons (Fsp3) is 0.308. The number of pyridine rings is 1. The molecule has 0 aromatic carbocycles. The Morgan fingerprint density at radius 3 is 3.00 bits per heavy atom. The van der Waals surface area contributed by atoms with Crippen LogP contribution in [0.2, 0.25) is 5.02 Å². The molecule has 6 nitrogen and oxygen atoms in total. The third-order valence-corrected chi connectivity index (χ3v) is 3.01. The molecule has 0 bridgehead atoms. The van der Waals surface area contributed by atoms with Gasteiger partial charge in [-0.15, -0.1) is 0 Å². The van der Waals surface area contributed by atoms with Crippen molar-refractivity contribution in [2.24, 2.45) is 0 Å². The van der Waals surface area contributed by atoms with Crippen LogP contribution in [0.25, 0.3) is 0 Å². The first kappa shape index (κ1) is 14.3. The zero-order valence-electron chi connectivity index (χ0n) is 11.0. The first-order valence-electron chi connectivity index (χ1n) is 6.29. The van der Waals surface area contributed by atoms with Gasteiger partial charge in [0.1, 0.15) is 10.8 Å². The molecule has 0 aliphatic heterocycles. The zero-order chi connectivity index (χ0) is 14.5. The van der Waals surface area contributed by atoms with Gasteiger partial charge in [0.15, 0.2) is 0 Å². The lowest BCUT2D eigenvalue weighted by Gasteiger charge is -2.11. The molecule has 2 rings (SSSR count). The van der Waals surface area contributed by atoms with Gasteiger partial charge in [-0.1, -0.05) is 24.6 Å². The molecule has 2 N–H and O–H groups in total. The van der Waals surface area contributed by atoms with Crippen LogP contribution in [0.5, 0.6) is 0 Å². The summed E-state index contributed by atoms with van der Waals surface area (Å²) in [6.45, 7) is 3.14. The van der Waals surface area contributed by atoms with E-state index in [4.69, 9.17) is 11.6 Å². The van der Waals surface area contributed by atoms with Gasteiger partial charge in [-0.25, -0.2) is 9.78 Å². The Bertz CT molecular complexity index is 708. The molecule has 7 heteroatoms. The normalized spacial score (nSPS) is 10.5. The summed E-state index contributed by atoms with van der Waals surface area (Å²) >= 11 is 5.74. The summed E-state index contributed by atoms with van der Waals surface area (Å²) in [5, 5.41) is 3.18. The third kappa shape index (κ3) is 3.27. The summed E-state index contributed by atoms with van der Waals surface area (Å²) in [5.74, 6) is 0.726. The molecule has 0 amide bonds. The Balaban J connectivity index is 2.33. The van der Waals surface area contributed by atoms with E-state index in [1.54, 1.807) is 12.3 Å². The molecule has 0 spiro atoms. The molecule has 0 aliphatic carbocycles. The maximum absolute atomic E-state index is 11.7. The Hall–Kier alpha value is -2.08. The summed E-state index contributed by atoms with van der Waals surface area (Å²) in [6, 6.07) is 3.67. The van der Waals surface area contributed by atoms with E-state index in [9.17, 15) is 9.59 Å². The van der Waals surface area contributed by atoms with Crippen LogP contribution < -0.4 is 16.6 Å². The number of aromatic amines is 1. The first-order chi connectivity index (χ1) is 9.61. The molecular formula is C13H15ClN4O2. The molecule has 0 aliphatic rings. The Labute approximate surface area is 120 Å². The molecule has 0 radical (unpaired) electrons. The van der Waals surface area contributed by atoms with Gasteiger partial charge in [0.05, 0.1) is 6.54 Å². The number of hydrogen-bond acceptors (Lipinski definition) is 4. The number of hydrogen-bond donors (Lipinski definition) is 2. The van der Waals surface area contributed by atoms with Gasteiger partial charge in [0.2, 0.25) is 0 Å². The third-order valence-electron chi connectivity index (χ3n) is 2.74. The maximum Gasteiger partial charge on any atom is 0.328 e. The summed E-state index contributed by atoms with van der Waals surface area (Å²) < 4.78 is 1.35. The number of nitrogens with zero attached hydrogens (tertiary/aromatic N) is 2. The number of rotatable bonds is 5. The summed E-state index contributed by atoms with van der Waals surface area (Å²) in [4.78, 5) is 29.4. The maximum atomic E-state index is 11.7. The van der Waals surface area contributed by atoms with E-state index in [0.29, 0.717) is 0 Å². The monoisotopic (exact) mass is 294 g/mol. The van der Waals surface area contributed by atoms with Crippen LogP contribution in [0.4, 0.5) is 5.82 Å². The molecule has 0 unspecified atom stereocenters. The second kappa shape index (κ2) is 6.38. The van der Waals surface area contributed by atoms with E-state index in [2.05, 4.69) is 22.2 Å². The minimum absolute atomic E-state index is 0.0171. The minimum atomic E-state index is -0.580. The topological polar surface area (TPSA) is 79.8 Å². The largest absolute Gasteiger partial charge is 0.370 e. The van der Waals surface area contributed by atoms with Crippen LogP contribution in [-0.4, -0.2) is 21.1 Å². The molecule has 2 aromatic heterocycles. The highest BCUT2D eigenvalue weighted by molar-refractivity contribution is 6.30. The van der Waals surface area contributed by atoms with E-state index in [-0.39, 0.29) is 11.6 Å². The van der Waals surface area contributed by atoms with E-state index >= 15 is 0 Å². The lowest BCUT2D eigenvalue weighted by atomic mass is 10.2. The standard InChI is InChI=1S/C13H15ClN4O2/c1-2-5-15-11-9(4-3-6-16-11)7-18-8-10(14)12(19)17-13(18)20/h3-4,6,8H,2,5,7H2,1H3,(H,15,16)(H,17,19,20). The Kier molecular flexibility index (Phi) is 4.57.